The van der Waals surface area contributed by atoms with Gasteiger partial charge in [-0.2, -0.15) is 0 Å². The van der Waals surface area contributed by atoms with E-state index < -0.39 is 6.04 Å². The molecule has 0 unspecified atom stereocenters. The van der Waals surface area contributed by atoms with Gasteiger partial charge in [-0.25, -0.2) is 0 Å². The molecule has 1 aliphatic rings. The lowest BCUT2D eigenvalue weighted by Crippen LogP contribution is -2.48. The second-order valence-corrected chi connectivity index (χ2v) is 9.05. The Morgan fingerprint density at radius 1 is 0.724 bits per heavy atom. The Morgan fingerprint density at radius 2 is 1.07 bits per heavy atom. The van der Waals surface area contributed by atoms with Gasteiger partial charge in [0.2, 0.25) is 11.8 Å². The molecule has 0 radical (unpaired) electrons. The Morgan fingerprint density at radius 3 is 1.38 bits per heavy atom. The lowest BCUT2D eigenvalue weighted by Gasteiger charge is -2.39. The molecule has 0 spiro atoms. The molecule has 1 saturated heterocycles. The number of piperidine rings is 1. The van der Waals surface area contributed by atoms with E-state index in [4.69, 9.17) is 0 Å². The van der Waals surface area contributed by atoms with E-state index in [1.165, 1.54) is 4.90 Å². The van der Waals surface area contributed by atoms with Crippen molar-refractivity contribution >= 4 is 23.2 Å². The summed E-state index contributed by atoms with van der Waals surface area (Å²) >= 11 is 0. The summed E-state index contributed by atoms with van der Waals surface area (Å²) < 4.78 is 0. The van der Waals surface area contributed by atoms with Crippen LogP contribution in [0.4, 0.5) is 11.4 Å². The number of amides is 2. The zero-order valence-electron chi connectivity index (χ0n) is 18.3. The van der Waals surface area contributed by atoms with Gasteiger partial charge in [-0.05, 0) is 40.8 Å². The number of carbonyl (C=O) groups is 2. The molecule has 0 saturated carbocycles. The molecule has 29 heavy (non-hydrogen) atoms. The van der Waals surface area contributed by atoms with Crippen molar-refractivity contribution < 1.29 is 9.59 Å². The van der Waals surface area contributed by atoms with Crippen molar-refractivity contribution in [1.82, 2.24) is 4.90 Å². The molecule has 0 N–H and O–H groups in total. The molecule has 154 valence electrons. The van der Waals surface area contributed by atoms with Crippen molar-refractivity contribution in [2.75, 3.05) is 38.0 Å². The smallest absolute Gasteiger partial charge is 0.230 e. The van der Waals surface area contributed by atoms with Crippen molar-refractivity contribution in [3.8, 4) is 0 Å². The zero-order chi connectivity index (χ0) is 21.3. The van der Waals surface area contributed by atoms with Crippen LogP contribution in [0.15, 0.2) is 48.5 Å². The highest BCUT2D eigenvalue weighted by Crippen LogP contribution is 2.39. The van der Waals surface area contributed by atoms with Gasteiger partial charge in [0.25, 0.3) is 0 Å². The molecule has 0 bridgehead atoms. The summed E-state index contributed by atoms with van der Waals surface area (Å²) in [5.74, 6) is -0.214. The van der Waals surface area contributed by atoms with Crippen molar-refractivity contribution in [1.29, 1.82) is 0 Å². The predicted octanol–water partition coefficient (Wildman–Crippen LogP) is 4.08. The first kappa shape index (κ1) is 20.9. The second-order valence-electron chi connectivity index (χ2n) is 9.05. The average molecular weight is 394 g/mol. The highest BCUT2D eigenvalue weighted by molar-refractivity contribution is 5.99. The van der Waals surface area contributed by atoms with E-state index in [-0.39, 0.29) is 17.2 Å². The Kier molecular flexibility index (Phi) is 5.69. The van der Waals surface area contributed by atoms with Crippen LogP contribution < -0.4 is 9.80 Å². The van der Waals surface area contributed by atoms with E-state index in [1.807, 2.05) is 100 Å². The normalized spacial score (nSPS) is 16.3. The summed E-state index contributed by atoms with van der Waals surface area (Å²) in [7, 11) is 7.97. The molecule has 1 fully saturated rings. The summed E-state index contributed by atoms with van der Waals surface area (Å²) in [6.07, 6.45) is 0.752. The minimum absolute atomic E-state index is 0.107. The number of hydrogen-bond donors (Lipinski definition) is 0. The summed E-state index contributed by atoms with van der Waals surface area (Å²) in [5, 5.41) is 0. The Bertz CT molecular complexity index is 812. The largest absolute Gasteiger partial charge is 0.378 e. The maximum Gasteiger partial charge on any atom is 0.230 e. The first-order valence-electron chi connectivity index (χ1n) is 9.98. The molecule has 5 nitrogen and oxygen atoms in total. The molecule has 1 aliphatic heterocycles. The van der Waals surface area contributed by atoms with Crippen molar-refractivity contribution in [2.45, 2.75) is 32.7 Å². The number of nitrogens with zero attached hydrogens (tertiary/aromatic N) is 3. The van der Waals surface area contributed by atoms with Crippen LogP contribution in [0.1, 0.15) is 43.9 Å². The van der Waals surface area contributed by atoms with Gasteiger partial charge in [-0.3, -0.25) is 14.5 Å². The lowest BCUT2D eigenvalue weighted by molar-refractivity contribution is -0.154. The van der Waals surface area contributed by atoms with Crippen LogP contribution >= 0.6 is 0 Å². The molecular formula is C24H31N3O2. The van der Waals surface area contributed by atoms with Gasteiger partial charge < -0.3 is 9.80 Å². The number of imide groups is 1. The van der Waals surface area contributed by atoms with Crippen LogP contribution in [-0.4, -0.2) is 44.9 Å². The molecule has 1 heterocycles. The maximum absolute atomic E-state index is 13.0. The molecule has 0 atom stereocenters. The van der Waals surface area contributed by atoms with Crippen LogP contribution in [0.25, 0.3) is 0 Å². The number of rotatable bonds is 5. The highest BCUT2D eigenvalue weighted by atomic mass is 16.2. The minimum atomic E-state index is -0.418. The monoisotopic (exact) mass is 393 g/mol. The molecule has 2 amide bonds. The molecule has 5 heteroatoms. The van der Waals surface area contributed by atoms with E-state index in [2.05, 4.69) is 0 Å². The summed E-state index contributed by atoms with van der Waals surface area (Å²) in [4.78, 5) is 31.6. The fourth-order valence-electron chi connectivity index (χ4n) is 3.88. The van der Waals surface area contributed by atoms with Gasteiger partial charge in [0.05, 0.1) is 6.04 Å². The molecule has 2 aromatic rings. The van der Waals surface area contributed by atoms with Crippen LogP contribution in [0.2, 0.25) is 0 Å². The number of benzene rings is 2. The third-order valence-electron chi connectivity index (χ3n) is 5.51. The van der Waals surface area contributed by atoms with Gasteiger partial charge in [0.15, 0.2) is 0 Å². The van der Waals surface area contributed by atoms with Crippen LogP contribution in [0.5, 0.6) is 0 Å². The molecule has 2 aromatic carbocycles. The van der Waals surface area contributed by atoms with Crippen molar-refractivity contribution in [3.63, 3.8) is 0 Å². The van der Waals surface area contributed by atoms with Crippen LogP contribution in [0, 0.1) is 5.41 Å². The summed E-state index contributed by atoms with van der Waals surface area (Å²) in [6.45, 7) is 3.96. The predicted molar refractivity (Wildman–Crippen MR) is 118 cm³/mol. The highest BCUT2D eigenvalue weighted by Gasteiger charge is 2.41. The van der Waals surface area contributed by atoms with Gasteiger partial charge in [-0.15, -0.1) is 0 Å². The number of hydrogen-bond acceptors (Lipinski definition) is 4. The van der Waals surface area contributed by atoms with Gasteiger partial charge >= 0.3 is 0 Å². The summed E-state index contributed by atoms with van der Waals surface area (Å²) in [5.41, 5.74) is 3.74. The number of anilines is 2. The topological polar surface area (TPSA) is 43.9 Å². The number of carbonyl (C=O) groups excluding carboxylic acids is 2. The van der Waals surface area contributed by atoms with E-state index in [1.54, 1.807) is 0 Å². The summed E-state index contributed by atoms with van der Waals surface area (Å²) in [6, 6.07) is 15.7. The van der Waals surface area contributed by atoms with Gasteiger partial charge in [0, 0.05) is 52.4 Å². The van der Waals surface area contributed by atoms with E-state index in [0.717, 1.165) is 22.5 Å². The van der Waals surface area contributed by atoms with E-state index >= 15 is 0 Å². The molecular weight excluding hydrogens is 362 g/mol. The number of likely N-dealkylation sites (tertiary alicyclic amines) is 1. The molecule has 0 aliphatic carbocycles. The standard InChI is InChI=1S/C24H31N3O2/c1-24(2)15-21(28)27(22(29)16-24)23(17-7-11-19(12-8-17)25(3)4)18-9-13-20(14-10-18)26(5)6/h7-14,23H,15-16H2,1-6H3. The maximum atomic E-state index is 13.0. The van der Waals surface area contributed by atoms with Gasteiger partial charge in [-0.1, -0.05) is 38.1 Å². The van der Waals surface area contributed by atoms with Gasteiger partial charge in [0.1, 0.15) is 0 Å². The van der Waals surface area contributed by atoms with E-state index in [9.17, 15) is 9.59 Å². The Balaban J connectivity index is 2.06. The van der Waals surface area contributed by atoms with Crippen LogP contribution in [-0.2, 0) is 9.59 Å². The van der Waals surface area contributed by atoms with E-state index in [0.29, 0.717) is 12.8 Å². The first-order valence-corrected chi connectivity index (χ1v) is 9.98. The SMILES string of the molecule is CN(C)c1ccc(C(c2ccc(N(C)C)cc2)N2C(=O)CC(C)(C)CC2=O)cc1. The first-order chi connectivity index (χ1) is 13.6. The van der Waals surface area contributed by atoms with Crippen molar-refractivity contribution in [3.05, 3.63) is 59.7 Å². The Hall–Kier alpha value is -2.82. The Labute approximate surface area is 173 Å². The fraction of sp³-hybridized carbons (Fsp3) is 0.417. The zero-order valence-corrected chi connectivity index (χ0v) is 18.3. The quantitative estimate of drug-likeness (QED) is 0.718. The van der Waals surface area contributed by atoms with Crippen LogP contribution in [0.3, 0.4) is 0 Å². The minimum Gasteiger partial charge on any atom is -0.378 e. The lowest BCUT2D eigenvalue weighted by atomic mass is 9.80. The fourth-order valence-corrected chi connectivity index (χ4v) is 3.88. The second kappa shape index (κ2) is 7.90. The molecule has 0 aromatic heterocycles. The third-order valence-corrected chi connectivity index (χ3v) is 5.51. The average Bonchev–Trinajstić information content (AvgIpc) is 2.64. The van der Waals surface area contributed by atoms with Crippen molar-refractivity contribution in [2.24, 2.45) is 5.41 Å². The molecule has 3 rings (SSSR count). The third kappa shape index (κ3) is 4.44.